The largest absolute Gasteiger partial charge is 0.378 e. The summed E-state index contributed by atoms with van der Waals surface area (Å²) in [5.41, 5.74) is 5.90. The van der Waals surface area contributed by atoms with Crippen LogP contribution in [0.5, 0.6) is 0 Å². The summed E-state index contributed by atoms with van der Waals surface area (Å²) in [6, 6.07) is 11.0. The molecule has 140 valence electrons. The van der Waals surface area contributed by atoms with Crippen molar-refractivity contribution in [1.29, 1.82) is 0 Å². The molecule has 0 aliphatic carbocycles. The molecule has 2 saturated heterocycles. The normalized spacial score (nSPS) is 19.4. The Bertz CT molecular complexity index is 819. The lowest BCUT2D eigenvalue weighted by atomic mass is 10.0. The van der Waals surface area contributed by atoms with Crippen LogP contribution in [0.4, 0.5) is 11.5 Å². The summed E-state index contributed by atoms with van der Waals surface area (Å²) in [7, 11) is 0. The van der Waals surface area contributed by atoms with Crippen molar-refractivity contribution in [2.75, 3.05) is 62.4 Å². The van der Waals surface area contributed by atoms with Crippen molar-refractivity contribution in [3.8, 4) is 11.3 Å². The van der Waals surface area contributed by atoms with E-state index in [1.165, 1.54) is 16.8 Å². The van der Waals surface area contributed by atoms with Crippen LogP contribution in [-0.2, 0) is 16.0 Å². The molecule has 0 atom stereocenters. The second-order valence-electron chi connectivity index (χ2n) is 7.15. The van der Waals surface area contributed by atoms with Crippen molar-refractivity contribution < 1.29 is 9.47 Å². The van der Waals surface area contributed by atoms with Gasteiger partial charge in [0, 0.05) is 49.7 Å². The highest BCUT2D eigenvalue weighted by Crippen LogP contribution is 2.30. The fourth-order valence-electron chi connectivity index (χ4n) is 3.88. The van der Waals surface area contributed by atoms with Crippen LogP contribution in [0.2, 0.25) is 0 Å². The molecule has 6 nitrogen and oxygen atoms in total. The Kier molecular flexibility index (Phi) is 4.51. The van der Waals surface area contributed by atoms with E-state index in [9.17, 15) is 0 Å². The summed E-state index contributed by atoms with van der Waals surface area (Å²) < 4.78 is 11.1. The van der Waals surface area contributed by atoms with E-state index in [2.05, 4.69) is 45.1 Å². The van der Waals surface area contributed by atoms with Crippen LogP contribution in [-0.4, -0.2) is 63.8 Å². The first kappa shape index (κ1) is 16.7. The summed E-state index contributed by atoms with van der Waals surface area (Å²) in [5.74, 6) is 1.04. The first-order chi connectivity index (χ1) is 13.4. The molecule has 0 spiro atoms. The van der Waals surface area contributed by atoms with Gasteiger partial charge < -0.3 is 19.3 Å². The van der Waals surface area contributed by atoms with Gasteiger partial charge in [0.2, 0.25) is 0 Å². The van der Waals surface area contributed by atoms with Crippen molar-refractivity contribution in [1.82, 2.24) is 4.98 Å². The van der Waals surface area contributed by atoms with Crippen molar-refractivity contribution in [2.45, 2.75) is 6.54 Å². The molecule has 27 heavy (non-hydrogen) atoms. The molecule has 6 heteroatoms. The maximum atomic E-state index is 5.53. The highest BCUT2D eigenvalue weighted by Gasteiger charge is 2.19. The fourth-order valence-corrected chi connectivity index (χ4v) is 3.88. The van der Waals surface area contributed by atoms with E-state index in [0.717, 1.165) is 76.2 Å². The first-order valence-corrected chi connectivity index (χ1v) is 9.67. The zero-order valence-corrected chi connectivity index (χ0v) is 15.4. The lowest BCUT2D eigenvalue weighted by molar-refractivity contribution is 0.122. The van der Waals surface area contributed by atoms with Gasteiger partial charge in [-0.3, -0.25) is 4.99 Å². The predicted octanol–water partition coefficient (Wildman–Crippen LogP) is 2.35. The number of aromatic nitrogens is 1. The number of fused-ring (bicyclic) bond motifs is 1. The lowest BCUT2D eigenvalue weighted by Gasteiger charge is -2.32. The van der Waals surface area contributed by atoms with Gasteiger partial charge in [-0.15, -0.1) is 0 Å². The quantitative estimate of drug-likeness (QED) is 0.837. The van der Waals surface area contributed by atoms with Gasteiger partial charge in [0.1, 0.15) is 5.82 Å². The second kappa shape index (κ2) is 7.29. The highest BCUT2D eigenvalue weighted by molar-refractivity contribution is 5.86. The molecule has 0 saturated carbocycles. The van der Waals surface area contributed by atoms with Gasteiger partial charge >= 0.3 is 0 Å². The molecule has 4 heterocycles. The fraction of sp³-hybridized carbons (Fsp3) is 0.429. The van der Waals surface area contributed by atoms with E-state index in [4.69, 9.17) is 14.5 Å². The van der Waals surface area contributed by atoms with E-state index < -0.39 is 0 Å². The average molecular weight is 364 g/mol. The van der Waals surface area contributed by atoms with Crippen LogP contribution < -0.4 is 9.80 Å². The third-order valence-corrected chi connectivity index (χ3v) is 5.44. The van der Waals surface area contributed by atoms with Crippen LogP contribution in [0.1, 0.15) is 11.1 Å². The van der Waals surface area contributed by atoms with Crippen molar-refractivity contribution in [3.63, 3.8) is 0 Å². The van der Waals surface area contributed by atoms with E-state index in [0.29, 0.717) is 0 Å². The minimum Gasteiger partial charge on any atom is -0.378 e. The minimum atomic E-state index is 0.759. The van der Waals surface area contributed by atoms with Crippen LogP contribution in [0.3, 0.4) is 0 Å². The minimum absolute atomic E-state index is 0.759. The number of ether oxygens (including phenoxy) is 2. The molecule has 2 fully saturated rings. The molecular formula is C21H24N4O2. The number of benzene rings is 1. The van der Waals surface area contributed by atoms with E-state index in [1.807, 2.05) is 6.21 Å². The van der Waals surface area contributed by atoms with Gasteiger partial charge in [-0.2, -0.15) is 0 Å². The summed E-state index contributed by atoms with van der Waals surface area (Å²) in [6.45, 7) is 7.45. The molecular weight excluding hydrogens is 340 g/mol. The summed E-state index contributed by atoms with van der Waals surface area (Å²) in [4.78, 5) is 14.1. The first-order valence-electron chi connectivity index (χ1n) is 9.67. The number of hydrogen-bond acceptors (Lipinski definition) is 6. The van der Waals surface area contributed by atoms with Crippen LogP contribution in [0.25, 0.3) is 11.3 Å². The Balaban J connectivity index is 1.54. The standard InChI is InChI=1S/C21H24N4O2/c1-2-17-14-22-15-18(17)11-16(1)20-12-19(24-3-7-26-8-4-24)13-21(23-20)25-5-9-27-10-6-25/h1-2,11-14H,3-10,15H2. The van der Waals surface area contributed by atoms with E-state index in [1.54, 1.807) is 0 Å². The van der Waals surface area contributed by atoms with Crippen LogP contribution in [0.15, 0.2) is 35.3 Å². The van der Waals surface area contributed by atoms with Crippen molar-refractivity contribution in [3.05, 3.63) is 41.5 Å². The third kappa shape index (κ3) is 3.42. The number of pyridine rings is 1. The summed E-state index contributed by atoms with van der Waals surface area (Å²) >= 11 is 0. The van der Waals surface area contributed by atoms with Gasteiger partial charge in [-0.1, -0.05) is 12.1 Å². The third-order valence-electron chi connectivity index (χ3n) is 5.44. The molecule has 0 radical (unpaired) electrons. The predicted molar refractivity (Wildman–Crippen MR) is 107 cm³/mol. The van der Waals surface area contributed by atoms with Crippen molar-refractivity contribution >= 4 is 17.7 Å². The molecule has 3 aliphatic rings. The van der Waals surface area contributed by atoms with Crippen LogP contribution >= 0.6 is 0 Å². The number of nitrogens with zero attached hydrogens (tertiary/aromatic N) is 4. The van der Waals surface area contributed by atoms with Gasteiger partial charge in [-0.05, 0) is 23.3 Å². The zero-order chi connectivity index (χ0) is 18.1. The molecule has 0 bridgehead atoms. The molecule has 0 amide bonds. The number of anilines is 2. The Morgan fingerprint density at radius 2 is 1.56 bits per heavy atom. The molecule has 1 aromatic carbocycles. The second-order valence-corrected chi connectivity index (χ2v) is 7.15. The number of morpholine rings is 2. The molecule has 5 rings (SSSR count). The lowest BCUT2D eigenvalue weighted by Crippen LogP contribution is -2.38. The molecule has 0 N–H and O–H groups in total. The maximum absolute atomic E-state index is 5.53. The van der Waals surface area contributed by atoms with Gasteiger partial charge in [0.25, 0.3) is 0 Å². The Labute approximate surface area is 159 Å². The molecule has 2 aromatic rings. The zero-order valence-electron chi connectivity index (χ0n) is 15.4. The van der Waals surface area contributed by atoms with E-state index in [-0.39, 0.29) is 0 Å². The molecule has 3 aliphatic heterocycles. The molecule has 1 aromatic heterocycles. The number of aliphatic imine (C=N–C) groups is 1. The summed E-state index contributed by atoms with van der Waals surface area (Å²) in [6.07, 6.45) is 1.95. The number of rotatable bonds is 3. The van der Waals surface area contributed by atoms with Gasteiger partial charge in [-0.25, -0.2) is 4.98 Å². The topological polar surface area (TPSA) is 50.2 Å². The Hall–Kier alpha value is -2.44. The van der Waals surface area contributed by atoms with Crippen LogP contribution in [0, 0.1) is 0 Å². The SMILES string of the molecule is C1=NCc2cc(-c3cc(N4CCOCC4)cc(N4CCOCC4)n3)ccc21. The smallest absolute Gasteiger partial charge is 0.131 e. The van der Waals surface area contributed by atoms with Gasteiger partial charge in [0.05, 0.1) is 38.7 Å². The van der Waals surface area contributed by atoms with Gasteiger partial charge in [0.15, 0.2) is 0 Å². The average Bonchev–Trinajstić information content (AvgIpc) is 3.22. The Morgan fingerprint density at radius 1 is 0.815 bits per heavy atom. The highest BCUT2D eigenvalue weighted by atomic mass is 16.5. The molecule has 0 unspecified atom stereocenters. The van der Waals surface area contributed by atoms with Crippen molar-refractivity contribution in [2.24, 2.45) is 4.99 Å². The summed E-state index contributed by atoms with van der Waals surface area (Å²) in [5, 5.41) is 0. The number of hydrogen-bond donors (Lipinski definition) is 0. The maximum Gasteiger partial charge on any atom is 0.131 e. The Morgan fingerprint density at radius 3 is 2.33 bits per heavy atom. The van der Waals surface area contributed by atoms with E-state index >= 15 is 0 Å². The monoisotopic (exact) mass is 364 g/mol.